The lowest BCUT2D eigenvalue weighted by atomic mass is 10.2. The van der Waals surface area contributed by atoms with E-state index in [-0.39, 0.29) is 0 Å². The van der Waals surface area contributed by atoms with Gasteiger partial charge in [0.25, 0.3) is 0 Å². The van der Waals surface area contributed by atoms with Crippen LogP contribution in [0.1, 0.15) is 12.5 Å². The molecule has 2 aromatic carbocycles. The van der Waals surface area contributed by atoms with Gasteiger partial charge in [-0.05, 0) is 24.6 Å². The molecule has 21 heavy (non-hydrogen) atoms. The predicted octanol–water partition coefficient (Wildman–Crippen LogP) is 5.04. The molecule has 1 heterocycles. The fourth-order valence-electron chi connectivity index (χ4n) is 2.08. The first-order chi connectivity index (χ1) is 10.2. The summed E-state index contributed by atoms with van der Waals surface area (Å²) in [6.07, 6.45) is 0. The quantitative estimate of drug-likeness (QED) is 0.780. The van der Waals surface area contributed by atoms with Crippen LogP contribution in [-0.4, -0.2) is 9.79 Å². The summed E-state index contributed by atoms with van der Waals surface area (Å²) in [6, 6.07) is 20.7. The zero-order valence-corrected chi connectivity index (χ0v) is 13.2. The Morgan fingerprint density at radius 2 is 1.86 bits per heavy atom. The van der Waals surface area contributed by atoms with Gasteiger partial charge in [0.1, 0.15) is 5.04 Å². The van der Waals surface area contributed by atoms with Crippen molar-refractivity contribution < 1.29 is 0 Å². The van der Waals surface area contributed by atoms with Gasteiger partial charge in [-0.3, -0.25) is 0 Å². The molecule has 0 amide bonds. The summed E-state index contributed by atoms with van der Waals surface area (Å²) in [4.78, 5) is 5.80. The van der Waals surface area contributed by atoms with E-state index in [2.05, 4.69) is 18.2 Å². The number of fused-ring (bicyclic) bond motifs is 1. The van der Waals surface area contributed by atoms with Gasteiger partial charge in [-0.1, -0.05) is 54.2 Å². The molecule has 0 aliphatic carbocycles. The normalized spacial score (nSPS) is 20.3. The van der Waals surface area contributed by atoms with Crippen LogP contribution >= 0.6 is 23.5 Å². The third-order valence-corrected chi connectivity index (χ3v) is 5.88. The highest BCUT2D eigenvalue weighted by Crippen LogP contribution is 2.46. The van der Waals surface area contributed by atoms with Crippen molar-refractivity contribution in [1.82, 2.24) is 0 Å². The van der Waals surface area contributed by atoms with Crippen LogP contribution in [0, 0.1) is 11.3 Å². The molecule has 1 aliphatic rings. The van der Waals surface area contributed by atoms with Crippen LogP contribution in [0.4, 0.5) is 5.69 Å². The van der Waals surface area contributed by atoms with Crippen LogP contribution in [0.25, 0.3) is 0 Å². The van der Waals surface area contributed by atoms with Crippen molar-refractivity contribution in [2.24, 2.45) is 4.99 Å². The maximum atomic E-state index is 9.58. The Kier molecular flexibility index (Phi) is 4.05. The molecule has 0 fully saturated rings. The molecule has 1 aliphatic heterocycles. The number of hydrogen-bond donors (Lipinski definition) is 0. The Bertz CT molecular complexity index is 719. The monoisotopic (exact) mass is 310 g/mol. The summed E-state index contributed by atoms with van der Waals surface area (Å²) >= 11 is 3.24. The lowest BCUT2D eigenvalue weighted by Gasteiger charge is -2.27. The van der Waals surface area contributed by atoms with Crippen LogP contribution < -0.4 is 0 Å². The molecule has 1 unspecified atom stereocenters. The first-order valence-corrected chi connectivity index (χ1v) is 8.47. The highest BCUT2D eigenvalue weighted by molar-refractivity contribution is 8.16. The number of thioether (sulfide) groups is 2. The fraction of sp³-hybridized carbons (Fsp3) is 0.176. The summed E-state index contributed by atoms with van der Waals surface area (Å²) in [5, 5.41) is 10.5. The molecule has 4 heteroatoms. The molecular formula is C17H14N2S2. The van der Waals surface area contributed by atoms with E-state index in [1.807, 2.05) is 49.4 Å². The van der Waals surface area contributed by atoms with Crippen molar-refractivity contribution in [3.63, 3.8) is 0 Å². The summed E-state index contributed by atoms with van der Waals surface area (Å²) < 4.78 is -0.603. The molecule has 0 N–H and O–H groups in total. The summed E-state index contributed by atoms with van der Waals surface area (Å²) in [5.74, 6) is 0.833. The Morgan fingerprint density at radius 3 is 2.62 bits per heavy atom. The summed E-state index contributed by atoms with van der Waals surface area (Å²) in [6.45, 7) is 1.95. The van der Waals surface area contributed by atoms with Gasteiger partial charge in [0.15, 0.2) is 4.75 Å². The van der Waals surface area contributed by atoms with Gasteiger partial charge in [0.2, 0.25) is 0 Å². The summed E-state index contributed by atoms with van der Waals surface area (Å²) in [5.41, 5.74) is 2.21. The van der Waals surface area contributed by atoms with Gasteiger partial charge in [0.05, 0.1) is 11.8 Å². The average Bonchev–Trinajstić information content (AvgIpc) is 2.54. The Morgan fingerprint density at radius 1 is 1.14 bits per heavy atom. The van der Waals surface area contributed by atoms with Gasteiger partial charge in [-0.2, -0.15) is 5.26 Å². The fourth-order valence-corrected chi connectivity index (χ4v) is 4.35. The molecular weight excluding hydrogens is 296 g/mol. The Labute approximate surface area is 133 Å². The van der Waals surface area contributed by atoms with Gasteiger partial charge in [-0.15, -0.1) is 11.8 Å². The number of para-hydroxylation sites is 1. The zero-order valence-electron chi connectivity index (χ0n) is 11.6. The molecule has 0 saturated heterocycles. The lowest BCUT2D eigenvalue weighted by molar-refractivity contribution is 1.07. The summed E-state index contributed by atoms with van der Waals surface area (Å²) in [7, 11) is 0. The molecule has 0 bridgehead atoms. The molecule has 104 valence electrons. The van der Waals surface area contributed by atoms with Crippen molar-refractivity contribution in [3.05, 3.63) is 60.2 Å². The molecule has 0 spiro atoms. The minimum absolute atomic E-state index is 0.603. The first kappa shape index (κ1) is 14.2. The largest absolute Gasteiger partial charge is 0.243 e. The highest BCUT2D eigenvalue weighted by Gasteiger charge is 2.36. The number of hydrogen-bond acceptors (Lipinski definition) is 4. The molecule has 0 saturated carbocycles. The standard InChI is InChI=1S/C17H14N2S2/c1-17(12-18)16(20-11-13-7-3-2-4-8-13)19-14-9-5-6-10-15(14)21-17/h2-10H,11H2,1H3. The highest BCUT2D eigenvalue weighted by atomic mass is 32.2. The van der Waals surface area contributed by atoms with Crippen molar-refractivity contribution in [2.45, 2.75) is 22.3 Å². The van der Waals surface area contributed by atoms with Crippen molar-refractivity contribution in [2.75, 3.05) is 0 Å². The number of rotatable bonds is 2. The molecule has 3 rings (SSSR count). The molecule has 1 atom stereocenters. The number of nitrogens with zero attached hydrogens (tertiary/aromatic N) is 2. The van der Waals surface area contributed by atoms with Crippen LogP contribution in [-0.2, 0) is 5.75 Å². The second-order valence-corrected chi connectivity index (χ2v) is 7.33. The Balaban J connectivity index is 1.88. The van der Waals surface area contributed by atoms with Gasteiger partial charge in [0, 0.05) is 10.6 Å². The van der Waals surface area contributed by atoms with E-state index in [1.165, 1.54) is 5.56 Å². The Hall–Kier alpha value is -1.70. The smallest absolute Gasteiger partial charge is 0.152 e. The maximum Gasteiger partial charge on any atom is 0.152 e. The van der Waals surface area contributed by atoms with Crippen LogP contribution in [0.2, 0.25) is 0 Å². The van der Waals surface area contributed by atoms with E-state index < -0.39 is 4.75 Å². The second kappa shape index (κ2) is 5.97. The molecule has 0 radical (unpaired) electrons. The SMILES string of the molecule is CC1(C#N)Sc2ccccc2N=C1SCc1ccccc1. The average molecular weight is 310 g/mol. The van der Waals surface area contributed by atoms with Crippen molar-refractivity contribution in [1.29, 1.82) is 5.26 Å². The van der Waals surface area contributed by atoms with E-state index in [4.69, 9.17) is 4.99 Å². The van der Waals surface area contributed by atoms with Gasteiger partial charge >= 0.3 is 0 Å². The third-order valence-electron chi connectivity index (χ3n) is 3.24. The van der Waals surface area contributed by atoms with E-state index in [1.54, 1.807) is 23.5 Å². The lowest BCUT2D eigenvalue weighted by Crippen LogP contribution is -2.29. The molecule has 2 nitrogen and oxygen atoms in total. The van der Waals surface area contributed by atoms with E-state index in [9.17, 15) is 5.26 Å². The zero-order chi connectivity index (χ0) is 14.7. The van der Waals surface area contributed by atoms with Crippen LogP contribution in [0.15, 0.2) is 64.5 Å². The number of benzene rings is 2. The minimum atomic E-state index is -0.603. The van der Waals surface area contributed by atoms with E-state index >= 15 is 0 Å². The van der Waals surface area contributed by atoms with Crippen LogP contribution in [0.5, 0.6) is 0 Å². The predicted molar refractivity (Wildman–Crippen MR) is 91.1 cm³/mol. The minimum Gasteiger partial charge on any atom is -0.243 e. The maximum absolute atomic E-state index is 9.58. The number of aliphatic imine (C=N–C) groups is 1. The number of nitriles is 1. The van der Waals surface area contributed by atoms with Crippen LogP contribution in [0.3, 0.4) is 0 Å². The topological polar surface area (TPSA) is 36.1 Å². The third kappa shape index (κ3) is 2.99. The van der Waals surface area contributed by atoms with Crippen molar-refractivity contribution in [3.8, 4) is 6.07 Å². The van der Waals surface area contributed by atoms with E-state index in [0.29, 0.717) is 0 Å². The molecule has 0 aromatic heterocycles. The second-order valence-electron chi connectivity index (χ2n) is 4.91. The van der Waals surface area contributed by atoms with E-state index in [0.717, 1.165) is 21.4 Å². The van der Waals surface area contributed by atoms with Crippen molar-refractivity contribution >= 4 is 34.3 Å². The molecule has 2 aromatic rings. The van der Waals surface area contributed by atoms with Gasteiger partial charge < -0.3 is 0 Å². The first-order valence-electron chi connectivity index (χ1n) is 6.66. The van der Waals surface area contributed by atoms with Gasteiger partial charge in [-0.25, -0.2) is 4.99 Å².